The number of benzene rings is 1. The van der Waals surface area contributed by atoms with E-state index in [1.807, 2.05) is 52.8 Å². The molecule has 7 nitrogen and oxygen atoms in total. The van der Waals surface area contributed by atoms with Crippen LogP contribution in [0.3, 0.4) is 0 Å². The third-order valence-corrected chi connectivity index (χ3v) is 4.92. The van der Waals surface area contributed by atoms with Crippen LogP contribution in [0.15, 0.2) is 48.1 Å². The summed E-state index contributed by atoms with van der Waals surface area (Å²) in [5.74, 6) is -0.694. The zero-order valence-corrected chi connectivity index (χ0v) is 18.5. The van der Waals surface area contributed by atoms with Gasteiger partial charge in [0.2, 0.25) is 5.91 Å². The SMILES string of the molecule is Cc1ccc(N(C(=O)c2csnn2)C(C(=O)NC(C)(C)C)c2cccnc2)c(C)c1. The number of aromatic nitrogens is 3. The maximum absolute atomic E-state index is 13.6. The predicted molar refractivity (Wildman–Crippen MR) is 118 cm³/mol. The van der Waals surface area contributed by atoms with Gasteiger partial charge in [-0.25, -0.2) is 0 Å². The number of aryl methyl sites for hydroxylation is 2. The molecule has 2 amide bonds. The van der Waals surface area contributed by atoms with Gasteiger partial charge in [0.25, 0.3) is 5.91 Å². The minimum absolute atomic E-state index is 0.192. The molecule has 1 aromatic carbocycles. The number of nitrogens with one attached hydrogen (secondary N) is 1. The summed E-state index contributed by atoms with van der Waals surface area (Å²) in [7, 11) is 0. The molecule has 1 N–H and O–H groups in total. The van der Waals surface area contributed by atoms with E-state index >= 15 is 0 Å². The fourth-order valence-electron chi connectivity index (χ4n) is 3.22. The van der Waals surface area contributed by atoms with E-state index in [9.17, 15) is 9.59 Å². The van der Waals surface area contributed by atoms with Crippen LogP contribution >= 0.6 is 11.5 Å². The van der Waals surface area contributed by atoms with Crippen molar-refractivity contribution in [2.24, 2.45) is 0 Å². The van der Waals surface area contributed by atoms with Gasteiger partial charge in [-0.05, 0) is 63.8 Å². The van der Waals surface area contributed by atoms with Crippen LogP contribution in [0.2, 0.25) is 0 Å². The van der Waals surface area contributed by atoms with Crippen molar-refractivity contribution in [2.45, 2.75) is 46.2 Å². The number of anilines is 1. The highest BCUT2D eigenvalue weighted by atomic mass is 32.1. The van der Waals surface area contributed by atoms with Crippen LogP contribution in [0.4, 0.5) is 5.69 Å². The van der Waals surface area contributed by atoms with Gasteiger partial charge in [-0.2, -0.15) is 0 Å². The smallest absolute Gasteiger partial charge is 0.280 e. The first-order valence-electron chi connectivity index (χ1n) is 9.57. The predicted octanol–water partition coefficient (Wildman–Crippen LogP) is 3.85. The molecule has 3 rings (SSSR count). The van der Waals surface area contributed by atoms with Crippen molar-refractivity contribution >= 4 is 29.0 Å². The number of amides is 2. The minimum atomic E-state index is -0.923. The van der Waals surface area contributed by atoms with Crippen LogP contribution in [0, 0.1) is 13.8 Å². The largest absolute Gasteiger partial charge is 0.349 e. The molecule has 0 radical (unpaired) electrons. The Labute approximate surface area is 180 Å². The number of rotatable bonds is 5. The highest BCUT2D eigenvalue weighted by Gasteiger charge is 2.36. The summed E-state index contributed by atoms with van der Waals surface area (Å²) >= 11 is 1.09. The number of nitrogens with zero attached hydrogens (tertiary/aromatic N) is 4. The first kappa shape index (κ1) is 21.6. The fraction of sp³-hybridized carbons (Fsp3) is 0.318. The molecule has 1 atom stereocenters. The van der Waals surface area contributed by atoms with Gasteiger partial charge >= 0.3 is 0 Å². The Morgan fingerprint density at radius 1 is 1.17 bits per heavy atom. The molecule has 8 heteroatoms. The molecule has 3 aromatic rings. The second kappa shape index (κ2) is 8.71. The van der Waals surface area contributed by atoms with Crippen LogP contribution in [-0.2, 0) is 4.79 Å². The van der Waals surface area contributed by atoms with Gasteiger partial charge in [0.1, 0.15) is 6.04 Å². The van der Waals surface area contributed by atoms with Crippen molar-refractivity contribution in [3.05, 3.63) is 70.5 Å². The van der Waals surface area contributed by atoms with Crippen molar-refractivity contribution in [1.82, 2.24) is 19.9 Å². The maximum Gasteiger partial charge on any atom is 0.280 e. The summed E-state index contributed by atoms with van der Waals surface area (Å²) in [6, 6.07) is 8.38. The summed E-state index contributed by atoms with van der Waals surface area (Å²) in [5, 5.41) is 8.54. The summed E-state index contributed by atoms with van der Waals surface area (Å²) in [6.45, 7) is 9.61. The third-order valence-electron chi connectivity index (χ3n) is 4.41. The Hall–Kier alpha value is -3.13. The van der Waals surface area contributed by atoms with Crippen LogP contribution in [0.25, 0.3) is 0 Å². The lowest BCUT2D eigenvalue weighted by molar-refractivity contribution is -0.123. The zero-order chi connectivity index (χ0) is 21.9. The molecule has 2 aromatic heterocycles. The lowest BCUT2D eigenvalue weighted by atomic mass is 10.0. The van der Waals surface area contributed by atoms with Gasteiger partial charge in [-0.3, -0.25) is 19.5 Å². The van der Waals surface area contributed by atoms with Gasteiger partial charge < -0.3 is 5.32 Å². The van der Waals surface area contributed by atoms with Gasteiger partial charge in [-0.15, -0.1) is 5.10 Å². The van der Waals surface area contributed by atoms with E-state index in [0.29, 0.717) is 11.3 Å². The standard InChI is InChI=1S/C22H25N5O2S/c1-14-8-9-18(15(2)11-14)27(21(29)17-13-30-26-25-17)19(16-7-6-10-23-12-16)20(28)24-22(3,4)5/h6-13,19H,1-5H3,(H,24,28). The summed E-state index contributed by atoms with van der Waals surface area (Å²) in [6.07, 6.45) is 3.24. The Morgan fingerprint density at radius 2 is 1.93 bits per heavy atom. The molecule has 30 heavy (non-hydrogen) atoms. The zero-order valence-electron chi connectivity index (χ0n) is 17.7. The molecule has 0 aliphatic heterocycles. The van der Waals surface area contributed by atoms with E-state index in [0.717, 1.165) is 22.7 Å². The highest BCUT2D eigenvalue weighted by Crippen LogP contribution is 2.32. The molecule has 0 aliphatic carbocycles. The summed E-state index contributed by atoms with van der Waals surface area (Å²) < 4.78 is 3.82. The molecule has 156 valence electrons. The van der Waals surface area contributed by atoms with E-state index in [2.05, 4.69) is 19.9 Å². The van der Waals surface area contributed by atoms with Crippen molar-refractivity contribution in [2.75, 3.05) is 4.90 Å². The third kappa shape index (κ3) is 4.88. The molecule has 0 saturated carbocycles. The van der Waals surface area contributed by atoms with E-state index in [1.54, 1.807) is 29.9 Å². The Kier molecular flexibility index (Phi) is 6.26. The Bertz CT molecular complexity index is 1030. The van der Waals surface area contributed by atoms with E-state index in [-0.39, 0.29) is 11.6 Å². The number of pyridine rings is 1. The van der Waals surface area contributed by atoms with E-state index in [1.165, 1.54) is 4.90 Å². The average Bonchev–Trinajstić information content (AvgIpc) is 3.20. The lowest BCUT2D eigenvalue weighted by Crippen LogP contribution is -2.49. The van der Waals surface area contributed by atoms with Crippen molar-refractivity contribution in [1.29, 1.82) is 0 Å². The molecule has 0 aliphatic rings. The van der Waals surface area contributed by atoms with Crippen LogP contribution < -0.4 is 10.2 Å². The number of carbonyl (C=O) groups excluding carboxylic acids is 2. The second-order valence-corrected chi connectivity index (χ2v) is 8.79. The quantitative estimate of drug-likeness (QED) is 0.673. The first-order valence-corrected chi connectivity index (χ1v) is 10.4. The molecular weight excluding hydrogens is 398 g/mol. The topological polar surface area (TPSA) is 88.1 Å². The number of hydrogen-bond acceptors (Lipinski definition) is 6. The van der Waals surface area contributed by atoms with Crippen molar-refractivity contribution in [3.8, 4) is 0 Å². The van der Waals surface area contributed by atoms with Gasteiger partial charge in [0, 0.05) is 34.6 Å². The van der Waals surface area contributed by atoms with Crippen molar-refractivity contribution in [3.63, 3.8) is 0 Å². The van der Waals surface area contributed by atoms with Crippen LogP contribution in [-0.4, -0.2) is 31.9 Å². The normalized spacial score (nSPS) is 12.3. The maximum atomic E-state index is 13.6. The van der Waals surface area contributed by atoms with Gasteiger partial charge in [-0.1, -0.05) is 28.3 Å². The summed E-state index contributed by atoms with van der Waals surface area (Å²) in [5.41, 5.74) is 2.90. The molecular formula is C22H25N5O2S. The van der Waals surface area contributed by atoms with Gasteiger partial charge in [0.05, 0.1) is 0 Å². The van der Waals surface area contributed by atoms with Gasteiger partial charge in [0.15, 0.2) is 5.69 Å². The average molecular weight is 424 g/mol. The Morgan fingerprint density at radius 3 is 2.50 bits per heavy atom. The molecule has 0 fully saturated rings. The Balaban J connectivity index is 2.20. The summed E-state index contributed by atoms with van der Waals surface area (Å²) in [4.78, 5) is 32.7. The van der Waals surface area contributed by atoms with Crippen LogP contribution in [0.5, 0.6) is 0 Å². The fourth-order valence-corrected chi connectivity index (χ4v) is 3.65. The lowest BCUT2D eigenvalue weighted by Gasteiger charge is -2.34. The number of hydrogen-bond donors (Lipinski definition) is 1. The molecule has 0 bridgehead atoms. The molecule has 2 heterocycles. The molecule has 0 spiro atoms. The second-order valence-electron chi connectivity index (χ2n) is 8.18. The first-order chi connectivity index (χ1) is 14.2. The van der Waals surface area contributed by atoms with Crippen molar-refractivity contribution < 1.29 is 9.59 Å². The minimum Gasteiger partial charge on any atom is -0.349 e. The van der Waals surface area contributed by atoms with E-state index < -0.39 is 17.5 Å². The highest BCUT2D eigenvalue weighted by molar-refractivity contribution is 7.03. The molecule has 1 unspecified atom stereocenters. The van der Waals surface area contributed by atoms with Crippen LogP contribution in [0.1, 0.15) is 54.0 Å². The van der Waals surface area contributed by atoms with E-state index in [4.69, 9.17) is 0 Å². The molecule has 0 saturated heterocycles. The number of carbonyl (C=O) groups is 2. The monoisotopic (exact) mass is 423 g/mol.